The molecular weight excluding hydrogens is 250 g/mol. The Labute approximate surface area is 113 Å². The van der Waals surface area contributed by atoms with Crippen LogP contribution in [0.15, 0.2) is 15.8 Å². The highest BCUT2D eigenvalue weighted by atomic mass is 32.2. The first-order valence-corrected chi connectivity index (χ1v) is 7.16. The minimum atomic E-state index is -0.498. The molecule has 5 heteroatoms. The summed E-state index contributed by atoms with van der Waals surface area (Å²) in [6.07, 6.45) is 1.39. The fraction of sp³-hybridized carbons (Fsp3) is 0.769. The SMILES string of the molecule is CC(C)OCC(O)CSc1ncc(C(C)(C)C)o1. The topological polar surface area (TPSA) is 55.5 Å². The lowest BCUT2D eigenvalue weighted by atomic mass is 9.94. The Bertz CT molecular complexity index is 357. The Morgan fingerprint density at radius 3 is 2.61 bits per heavy atom. The third kappa shape index (κ3) is 5.42. The first-order valence-electron chi connectivity index (χ1n) is 6.18. The summed E-state index contributed by atoms with van der Waals surface area (Å²) in [6.45, 7) is 10.5. The second kappa shape index (κ2) is 6.59. The summed E-state index contributed by atoms with van der Waals surface area (Å²) >= 11 is 1.41. The van der Waals surface area contributed by atoms with Crippen molar-refractivity contribution in [3.05, 3.63) is 12.0 Å². The molecular formula is C13H23NO3S. The van der Waals surface area contributed by atoms with E-state index in [1.165, 1.54) is 11.8 Å². The van der Waals surface area contributed by atoms with Crippen LogP contribution in [0.2, 0.25) is 0 Å². The van der Waals surface area contributed by atoms with Crippen LogP contribution in [0.3, 0.4) is 0 Å². The Kier molecular flexibility index (Phi) is 5.69. The second-order valence-corrected chi connectivity index (χ2v) is 6.56. The van der Waals surface area contributed by atoms with Crippen molar-refractivity contribution in [1.29, 1.82) is 0 Å². The van der Waals surface area contributed by atoms with Gasteiger partial charge in [0, 0.05) is 11.2 Å². The standard InChI is InChI=1S/C13H23NO3S/c1-9(2)16-7-10(15)8-18-12-14-6-11(17-12)13(3,4)5/h6,9-10,15H,7-8H2,1-5H3. The number of hydrogen-bond donors (Lipinski definition) is 1. The van der Waals surface area contributed by atoms with Gasteiger partial charge in [0.2, 0.25) is 0 Å². The number of thioether (sulfide) groups is 1. The Morgan fingerprint density at radius 1 is 1.44 bits per heavy atom. The smallest absolute Gasteiger partial charge is 0.255 e. The monoisotopic (exact) mass is 273 g/mol. The van der Waals surface area contributed by atoms with Gasteiger partial charge in [0.15, 0.2) is 0 Å². The molecule has 1 unspecified atom stereocenters. The molecule has 0 aromatic carbocycles. The van der Waals surface area contributed by atoms with Gasteiger partial charge in [-0.25, -0.2) is 4.98 Å². The van der Waals surface area contributed by atoms with Gasteiger partial charge < -0.3 is 14.3 Å². The molecule has 1 aromatic heterocycles. The van der Waals surface area contributed by atoms with Crippen molar-refractivity contribution in [3.63, 3.8) is 0 Å². The van der Waals surface area contributed by atoms with Gasteiger partial charge in [0.1, 0.15) is 5.76 Å². The average Bonchev–Trinajstić information content (AvgIpc) is 2.71. The summed E-state index contributed by atoms with van der Waals surface area (Å²) in [7, 11) is 0. The third-order valence-corrected chi connectivity index (χ3v) is 3.23. The number of hydrogen-bond acceptors (Lipinski definition) is 5. The molecule has 0 fully saturated rings. The Morgan fingerprint density at radius 2 is 2.11 bits per heavy atom. The van der Waals surface area contributed by atoms with E-state index in [-0.39, 0.29) is 11.5 Å². The lowest BCUT2D eigenvalue weighted by Gasteiger charge is -2.13. The zero-order valence-corrected chi connectivity index (χ0v) is 12.6. The number of nitrogens with zero attached hydrogens (tertiary/aromatic N) is 1. The van der Waals surface area contributed by atoms with Crippen LogP contribution in [-0.2, 0) is 10.2 Å². The quantitative estimate of drug-likeness (QED) is 0.808. The van der Waals surface area contributed by atoms with E-state index in [1.54, 1.807) is 6.20 Å². The van der Waals surface area contributed by atoms with Crippen molar-refractivity contribution in [2.45, 2.75) is 57.5 Å². The van der Waals surface area contributed by atoms with Crippen molar-refractivity contribution in [2.75, 3.05) is 12.4 Å². The molecule has 1 heterocycles. The van der Waals surface area contributed by atoms with Crippen LogP contribution in [0.5, 0.6) is 0 Å². The highest BCUT2D eigenvalue weighted by molar-refractivity contribution is 7.99. The predicted molar refractivity (Wildman–Crippen MR) is 73.0 cm³/mol. The highest BCUT2D eigenvalue weighted by Gasteiger charge is 2.19. The molecule has 18 heavy (non-hydrogen) atoms. The number of aliphatic hydroxyl groups is 1. The molecule has 0 aliphatic rings. The van der Waals surface area contributed by atoms with E-state index in [0.29, 0.717) is 17.6 Å². The number of oxazole rings is 1. The molecule has 0 amide bonds. The van der Waals surface area contributed by atoms with Crippen LogP contribution in [0.4, 0.5) is 0 Å². The Balaban J connectivity index is 2.37. The van der Waals surface area contributed by atoms with E-state index in [4.69, 9.17) is 9.15 Å². The maximum absolute atomic E-state index is 9.71. The van der Waals surface area contributed by atoms with Crippen LogP contribution < -0.4 is 0 Å². The van der Waals surface area contributed by atoms with Gasteiger partial charge in [-0.1, -0.05) is 32.5 Å². The van der Waals surface area contributed by atoms with E-state index in [9.17, 15) is 5.11 Å². The lowest BCUT2D eigenvalue weighted by molar-refractivity contribution is 0.0152. The van der Waals surface area contributed by atoms with Crippen LogP contribution >= 0.6 is 11.8 Å². The summed E-state index contributed by atoms with van der Waals surface area (Å²) in [5, 5.41) is 10.3. The molecule has 1 N–H and O–H groups in total. The van der Waals surface area contributed by atoms with E-state index < -0.39 is 6.10 Å². The first-order chi connectivity index (χ1) is 8.29. The number of aliphatic hydroxyl groups excluding tert-OH is 1. The molecule has 0 bridgehead atoms. The van der Waals surface area contributed by atoms with E-state index >= 15 is 0 Å². The second-order valence-electron chi connectivity index (χ2n) is 5.59. The van der Waals surface area contributed by atoms with E-state index in [0.717, 1.165) is 5.76 Å². The minimum absolute atomic E-state index is 0.0365. The maximum atomic E-state index is 9.71. The van der Waals surface area contributed by atoms with E-state index in [2.05, 4.69) is 25.8 Å². The first kappa shape index (κ1) is 15.5. The van der Waals surface area contributed by atoms with Gasteiger partial charge in [0.25, 0.3) is 5.22 Å². The maximum Gasteiger partial charge on any atom is 0.255 e. The van der Waals surface area contributed by atoms with Crippen LogP contribution in [0, 0.1) is 0 Å². The summed E-state index contributed by atoms with van der Waals surface area (Å²) in [4.78, 5) is 4.19. The van der Waals surface area contributed by atoms with Crippen LogP contribution in [-0.4, -0.2) is 34.7 Å². The molecule has 0 aliphatic heterocycles. The molecule has 1 rings (SSSR count). The third-order valence-electron chi connectivity index (χ3n) is 2.24. The predicted octanol–water partition coefficient (Wildman–Crippen LogP) is 2.85. The largest absolute Gasteiger partial charge is 0.436 e. The van der Waals surface area contributed by atoms with Gasteiger partial charge in [-0.05, 0) is 13.8 Å². The lowest BCUT2D eigenvalue weighted by Crippen LogP contribution is -2.20. The molecule has 0 radical (unpaired) electrons. The van der Waals surface area contributed by atoms with Crippen molar-refractivity contribution >= 4 is 11.8 Å². The number of aromatic nitrogens is 1. The summed E-state index contributed by atoms with van der Waals surface area (Å²) in [5.41, 5.74) is -0.0365. The molecule has 0 saturated heterocycles. The minimum Gasteiger partial charge on any atom is -0.436 e. The molecule has 1 atom stereocenters. The highest BCUT2D eigenvalue weighted by Crippen LogP contribution is 2.27. The van der Waals surface area contributed by atoms with Crippen LogP contribution in [0.1, 0.15) is 40.4 Å². The normalized spacial score (nSPS) is 14.2. The number of rotatable bonds is 6. The fourth-order valence-electron chi connectivity index (χ4n) is 1.19. The van der Waals surface area contributed by atoms with Crippen LogP contribution in [0.25, 0.3) is 0 Å². The molecule has 104 valence electrons. The van der Waals surface area contributed by atoms with Crippen molar-refractivity contribution in [1.82, 2.24) is 4.98 Å². The Hall–Kier alpha value is -0.520. The van der Waals surface area contributed by atoms with Gasteiger partial charge in [-0.2, -0.15) is 0 Å². The molecule has 0 saturated carbocycles. The molecule has 1 aromatic rings. The average molecular weight is 273 g/mol. The van der Waals surface area contributed by atoms with Gasteiger partial charge in [0.05, 0.1) is 25.0 Å². The zero-order chi connectivity index (χ0) is 13.8. The van der Waals surface area contributed by atoms with Gasteiger partial charge in [-0.15, -0.1) is 0 Å². The summed E-state index contributed by atoms with van der Waals surface area (Å²) in [5.74, 6) is 1.38. The summed E-state index contributed by atoms with van der Waals surface area (Å²) < 4.78 is 11.0. The molecule has 0 aliphatic carbocycles. The van der Waals surface area contributed by atoms with Crippen molar-refractivity contribution in [2.24, 2.45) is 0 Å². The van der Waals surface area contributed by atoms with Gasteiger partial charge in [-0.3, -0.25) is 0 Å². The van der Waals surface area contributed by atoms with Crippen molar-refractivity contribution < 1.29 is 14.3 Å². The fourth-order valence-corrected chi connectivity index (χ4v) is 1.90. The van der Waals surface area contributed by atoms with E-state index in [1.807, 2.05) is 13.8 Å². The zero-order valence-electron chi connectivity index (χ0n) is 11.8. The van der Waals surface area contributed by atoms with Crippen molar-refractivity contribution in [3.8, 4) is 0 Å². The van der Waals surface area contributed by atoms with Gasteiger partial charge >= 0.3 is 0 Å². The molecule has 4 nitrogen and oxygen atoms in total. The summed E-state index contributed by atoms with van der Waals surface area (Å²) in [6, 6.07) is 0. The number of ether oxygens (including phenoxy) is 1. The molecule has 0 spiro atoms.